The second-order valence-electron chi connectivity index (χ2n) is 9.53. The minimum absolute atomic E-state index is 0.330. The molecule has 222 valence electrons. The van der Waals surface area contributed by atoms with Gasteiger partial charge >= 0.3 is 6.09 Å². The fraction of sp³-hybridized carbons (Fsp3) is 0.100. The van der Waals surface area contributed by atoms with Crippen LogP contribution < -0.4 is 21.9 Å². The minimum Gasteiger partial charge on any atom is -0.453 e. The standard InChI is InChI=1S/C30H26ClN9O4/c1-44-30(43)34-23-10-4-19(5-11-23)24-16-26(36-37-29(24)42)25(14-18-2-8-22(32)9-3-18)35-28(41)13-6-20-15-21(31)7-12-27(20)40-17-33-38-39-40/h2-13,15-17,25H,14,32H2,1H3,(H,34,43)(H,35,41)(H,37,42)/b13-6+. The Balaban J connectivity index is 1.43. The molecule has 0 aliphatic rings. The fourth-order valence-electron chi connectivity index (χ4n) is 4.36. The number of amides is 2. The number of tetrazole rings is 1. The molecule has 2 aromatic heterocycles. The number of carbonyl (C=O) groups excluding carboxylic acids is 2. The number of nitrogens with zero attached hydrogens (tertiary/aromatic N) is 5. The van der Waals surface area contributed by atoms with E-state index < -0.39 is 23.6 Å². The third kappa shape index (κ3) is 7.33. The molecule has 2 amide bonds. The fourth-order valence-corrected chi connectivity index (χ4v) is 4.54. The van der Waals surface area contributed by atoms with Crippen molar-refractivity contribution < 1.29 is 14.3 Å². The maximum absolute atomic E-state index is 13.3. The summed E-state index contributed by atoms with van der Waals surface area (Å²) >= 11 is 6.21. The number of ether oxygens (including phenoxy) is 1. The van der Waals surface area contributed by atoms with Gasteiger partial charge in [-0.15, -0.1) is 5.10 Å². The van der Waals surface area contributed by atoms with Crippen LogP contribution in [0.2, 0.25) is 5.02 Å². The summed E-state index contributed by atoms with van der Waals surface area (Å²) in [7, 11) is 1.27. The van der Waals surface area contributed by atoms with E-state index in [0.29, 0.717) is 50.9 Å². The highest BCUT2D eigenvalue weighted by atomic mass is 35.5. The summed E-state index contributed by atoms with van der Waals surface area (Å²) in [6, 6.07) is 20.0. The summed E-state index contributed by atoms with van der Waals surface area (Å²) in [6.45, 7) is 0. The number of halogens is 1. The highest BCUT2D eigenvalue weighted by Gasteiger charge is 2.19. The first-order chi connectivity index (χ1) is 21.3. The average Bonchev–Trinajstić information content (AvgIpc) is 3.56. The second kappa shape index (κ2) is 13.4. The predicted molar refractivity (Wildman–Crippen MR) is 165 cm³/mol. The highest BCUT2D eigenvalue weighted by molar-refractivity contribution is 6.30. The van der Waals surface area contributed by atoms with Gasteiger partial charge in [0.1, 0.15) is 6.33 Å². The predicted octanol–water partition coefficient (Wildman–Crippen LogP) is 3.94. The van der Waals surface area contributed by atoms with Crippen molar-refractivity contribution >= 4 is 41.1 Å². The molecule has 0 aliphatic carbocycles. The first kappa shape index (κ1) is 29.7. The van der Waals surface area contributed by atoms with Gasteiger partial charge in [0.15, 0.2) is 0 Å². The number of carbonyl (C=O) groups is 2. The molecule has 2 heterocycles. The van der Waals surface area contributed by atoms with Crippen LogP contribution in [0.4, 0.5) is 16.2 Å². The number of methoxy groups -OCH3 is 1. The third-order valence-electron chi connectivity index (χ3n) is 6.54. The minimum atomic E-state index is -0.634. The average molecular weight is 612 g/mol. The maximum Gasteiger partial charge on any atom is 0.411 e. The molecule has 5 rings (SSSR count). The van der Waals surface area contributed by atoms with E-state index in [0.717, 1.165) is 5.56 Å². The quantitative estimate of drug-likeness (QED) is 0.142. The number of hydrogen-bond donors (Lipinski definition) is 4. The lowest BCUT2D eigenvalue weighted by Gasteiger charge is -2.18. The number of nitrogens with two attached hydrogens (primary N) is 1. The van der Waals surface area contributed by atoms with Gasteiger partial charge in [-0.3, -0.25) is 14.9 Å². The van der Waals surface area contributed by atoms with E-state index in [2.05, 4.69) is 41.1 Å². The number of anilines is 2. The van der Waals surface area contributed by atoms with Gasteiger partial charge in [-0.2, -0.15) is 9.78 Å². The molecule has 1 unspecified atom stereocenters. The molecule has 3 aromatic carbocycles. The van der Waals surface area contributed by atoms with Gasteiger partial charge in [0.25, 0.3) is 5.56 Å². The van der Waals surface area contributed by atoms with E-state index in [4.69, 9.17) is 17.3 Å². The van der Waals surface area contributed by atoms with Crippen LogP contribution in [0.1, 0.15) is 22.9 Å². The number of benzene rings is 3. The molecule has 0 fully saturated rings. The van der Waals surface area contributed by atoms with Crippen LogP contribution in [0.25, 0.3) is 22.9 Å². The van der Waals surface area contributed by atoms with Crippen LogP contribution in [0.3, 0.4) is 0 Å². The number of nitrogens with one attached hydrogen (secondary N) is 3. The van der Waals surface area contributed by atoms with Crippen molar-refractivity contribution in [3.05, 3.63) is 117 Å². The van der Waals surface area contributed by atoms with E-state index in [1.165, 1.54) is 24.2 Å². The molecule has 5 N–H and O–H groups in total. The Morgan fingerprint density at radius 3 is 2.57 bits per heavy atom. The van der Waals surface area contributed by atoms with E-state index >= 15 is 0 Å². The summed E-state index contributed by atoms with van der Waals surface area (Å²) in [5.41, 5.74) is 10.0. The Morgan fingerprint density at radius 1 is 1.09 bits per heavy atom. The van der Waals surface area contributed by atoms with Crippen molar-refractivity contribution in [1.82, 2.24) is 35.7 Å². The van der Waals surface area contributed by atoms with Crippen LogP contribution in [-0.2, 0) is 16.0 Å². The van der Waals surface area contributed by atoms with Crippen molar-refractivity contribution in [2.45, 2.75) is 12.5 Å². The summed E-state index contributed by atoms with van der Waals surface area (Å²) < 4.78 is 6.07. The summed E-state index contributed by atoms with van der Waals surface area (Å²) in [4.78, 5) is 37.6. The van der Waals surface area contributed by atoms with Crippen molar-refractivity contribution in [3.8, 4) is 16.8 Å². The molecule has 0 radical (unpaired) electrons. The molecule has 13 nitrogen and oxygen atoms in total. The maximum atomic E-state index is 13.3. The van der Waals surface area contributed by atoms with E-state index in [-0.39, 0.29) is 0 Å². The molecule has 0 saturated carbocycles. The van der Waals surface area contributed by atoms with E-state index in [9.17, 15) is 14.4 Å². The number of hydrogen-bond acceptors (Lipinski definition) is 9. The van der Waals surface area contributed by atoms with Crippen LogP contribution in [0, 0.1) is 0 Å². The molecule has 0 spiro atoms. The van der Waals surface area contributed by atoms with Gasteiger partial charge in [0.05, 0.1) is 30.1 Å². The summed E-state index contributed by atoms with van der Waals surface area (Å²) in [5.74, 6) is -0.416. The van der Waals surface area contributed by atoms with Crippen molar-refractivity contribution in [1.29, 1.82) is 0 Å². The number of aromatic nitrogens is 6. The van der Waals surface area contributed by atoms with Crippen LogP contribution in [0.5, 0.6) is 0 Å². The lowest BCUT2D eigenvalue weighted by atomic mass is 10.00. The van der Waals surface area contributed by atoms with Gasteiger partial charge in [-0.05, 0) is 82.6 Å². The normalized spacial score (nSPS) is 11.7. The van der Waals surface area contributed by atoms with Crippen LogP contribution >= 0.6 is 11.6 Å². The summed E-state index contributed by atoms with van der Waals surface area (Å²) in [5, 5.41) is 24.1. The van der Waals surface area contributed by atoms with E-state index in [1.54, 1.807) is 66.7 Å². The number of nitrogen functional groups attached to an aromatic ring is 1. The third-order valence-corrected chi connectivity index (χ3v) is 6.78. The van der Waals surface area contributed by atoms with Crippen LogP contribution in [-0.4, -0.2) is 49.5 Å². The first-order valence-electron chi connectivity index (χ1n) is 13.2. The van der Waals surface area contributed by atoms with Gasteiger partial charge in [-0.1, -0.05) is 35.9 Å². The molecule has 0 aliphatic heterocycles. The van der Waals surface area contributed by atoms with Crippen LogP contribution in [0.15, 0.2) is 90.0 Å². The van der Waals surface area contributed by atoms with Crippen molar-refractivity contribution in [2.24, 2.45) is 0 Å². The van der Waals surface area contributed by atoms with Gasteiger partial charge < -0.3 is 15.8 Å². The highest BCUT2D eigenvalue weighted by Crippen LogP contribution is 2.24. The van der Waals surface area contributed by atoms with Gasteiger partial charge in [0.2, 0.25) is 5.91 Å². The Kier molecular flexibility index (Phi) is 9.06. The Morgan fingerprint density at radius 2 is 1.86 bits per heavy atom. The van der Waals surface area contributed by atoms with Gasteiger partial charge in [0, 0.05) is 28.0 Å². The molecule has 5 aromatic rings. The van der Waals surface area contributed by atoms with E-state index in [1.807, 2.05) is 12.1 Å². The monoisotopic (exact) mass is 611 g/mol. The van der Waals surface area contributed by atoms with Crippen molar-refractivity contribution in [3.63, 3.8) is 0 Å². The first-order valence-corrected chi connectivity index (χ1v) is 13.6. The number of aromatic amines is 1. The molecule has 0 saturated heterocycles. The summed E-state index contributed by atoms with van der Waals surface area (Å²) in [6.07, 6.45) is 4.15. The molecule has 14 heteroatoms. The van der Waals surface area contributed by atoms with Crippen molar-refractivity contribution in [2.75, 3.05) is 18.2 Å². The zero-order chi connectivity index (χ0) is 31.1. The smallest absolute Gasteiger partial charge is 0.411 e. The zero-order valence-corrected chi connectivity index (χ0v) is 24.0. The molecular weight excluding hydrogens is 586 g/mol. The molecule has 1 atom stereocenters. The van der Waals surface area contributed by atoms with Gasteiger partial charge in [-0.25, -0.2) is 9.89 Å². The zero-order valence-electron chi connectivity index (χ0n) is 23.3. The lowest BCUT2D eigenvalue weighted by molar-refractivity contribution is -0.117. The Bertz CT molecular complexity index is 1860. The largest absolute Gasteiger partial charge is 0.453 e. The topological polar surface area (TPSA) is 183 Å². The molecule has 0 bridgehead atoms. The number of rotatable bonds is 9. The molecular formula is C30H26ClN9O4. The second-order valence-corrected chi connectivity index (χ2v) is 9.96. The Labute approximate surface area is 255 Å². The number of H-pyrrole nitrogens is 1. The lowest BCUT2D eigenvalue weighted by Crippen LogP contribution is -2.30. The Hall–Kier alpha value is -5.82. The SMILES string of the molecule is COC(=O)Nc1ccc(-c2cc(C(Cc3ccc(N)cc3)NC(=O)/C=C/c3cc(Cl)ccc3-n3cnnn3)n[nH]c2=O)cc1. The molecule has 44 heavy (non-hydrogen) atoms.